The molecule has 0 radical (unpaired) electrons. The highest BCUT2D eigenvalue weighted by atomic mass is 32.2. The molecule has 2 aliphatic heterocycles. The van der Waals surface area contributed by atoms with Crippen LogP contribution in [0, 0.1) is 5.92 Å². The molecule has 0 aromatic carbocycles. The summed E-state index contributed by atoms with van der Waals surface area (Å²) in [5, 5.41) is 0. The van der Waals surface area contributed by atoms with Gasteiger partial charge in [0.15, 0.2) is 0 Å². The maximum atomic E-state index is 12.6. The fraction of sp³-hybridized carbons (Fsp3) is 0.688. The Morgan fingerprint density at radius 2 is 2.25 bits per heavy atom. The smallest absolute Gasteiger partial charge is 0.235 e. The van der Waals surface area contributed by atoms with Crippen LogP contribution in [-0.2, 0) is 19.5 Å². The first-order valence-electron chi connectivity index (χ1n) is 8.39. The van der Waals surface area contributed by atoms with Crippen LogP contribution in [0.4, 0.5) is 11.4 Å². The normalized spacial score (nSPS) is 22.7. The van der Waals surface area contributed by atoms with E-state index in [0.717, 1.165) is 38.0 Å². The van der Waals surface area contributed by atoms with E-state index in [1.54, 1.807) is 19.5 Å². The molecule has 1 N–H and O–H groups in total. The van der Waals surface area contributed by atoms with Crippen molar-refractivity contribution in [3.63, 3.8) is 0 Å². The lowest BCUT2D eigenvalue weighted by atomic mass is 10.0. The third-order valence-electron chi connectivity index (χ3n) is 4.69. The van der Waals surface area contributed by atoms with Crippen molar-refractivity contribution in [2.75, 3.05) is 48.8 Å². The molecule has 3 rings (SSSR count). The van der Waals surface area contributed by atoms with Crippen LogP contribution in [0.15, 0.2) is 18.5 Å². The fourth-order valence-corrected chi connectivity index (χ4v) is 4.78. The quantitative estimate of drug-likeness (QED) is 0.798. The van der Waals surface area contributed by atoms with Gasteiger partial charge in [-0.2, -0.15) is 0 Å². The van der Waals surface area contributed by atoms with Crippen molar-refractivity contribution in [3.8, 4) is 0 Å². The van der Waals surface area contributed by atoms with E-state index in [0.29, 0.717) is 18.9 Å². The highest BCUT2D eigenvalue weighted by molar-refractivity contribution is 7.92. The summed E-state index contributed by atoms with van der Waals surface area (Å²) in [4.78, 5) is 6.27. The number of nitrogens with zero attached hydrogens (tertiary/aromatic N) is 2. The monoisotopic (exact) mass is 355 g/mol. The number of hydrogen-bond acceptors (Lipinski definition) is 6. The summed E-state index contributed by atoms with van der Waals surface area (Å²) in [5.74, 6) is 0.0461. The summed E-state index contributed by atoms with van der Waals surface area (Å²) in [6.07, 6.45) is 5.99. The minimum Gasteiger partial charge on any atom is -0.381 e. The Balaban J connectivity index is 1.72. The molecule has 2 fully saturated rings. The molecule has 8 heteroatoms. The molecule has 2 saturated heterocycles. The second kappa shape index (κ2) is 7.67. The Morgan fingerprint density at radius 1 is 1.46 bits per heavy atom. The van der Waals surface area contributed by atoms with Gasteiger partial charge in [0.2, 0.25) is 10.0 Å². The lowest BCUT2D eigenvalue weighted by Gasteiger charge is -2.23. The Kier molecular flexibility index (Phi) is 5.57. The molecule has 2 unspecified atom stereocenters. The topological polar surface area (TPSA) is 80.8 Å². The fourth-order valence-electron chi connectivity index (χ4n) is 3.37. The number of sulfonamides is 1. The summed E-state index contributed by atoms with van der Waals surface area (Å²) in [5.41, 5.74) is 1.43. The number of rotatable bonds is 7. The number of nitrogens with one attached hydrogen (secondary N) is 1. The molecule has 24 heavy (non-hydrogen) atoms. The summed E-state index contributed by atoms with van der Waals surface area (Å²) < 4.78 is 38.7. The number of anilines is 2. The van der Waals surface area contributed by atoms with Crippen molar-refractivity contribution in [2.45, 2.75) is 25.4 Å². The van der Waals surface area contributed by atoms with E-state index in [9.17, 15) is 8.42 Å². The van der Waals surface area contributed by atoms with Gasteiger partial charge in [-0.1, -0.05) is 0 Å². The molecule has 134 valence electrons. The first-order chi connectivity index (χ1) is 11.6. The van der Waals surface area contributed by atoms with Crippen molar-refractivity contribution in [1.82, 2.24) is 4.98 Å². The van der Waals surface area contributed by atoms with Gasteiger partial charge in [-0.3, -0.25) is 9.71 Å². The van der Waals surface area contributed by atoms with Crippen LogP contribution >= 0.6 is 0 Å². The van der Waals surface area contributed by atoms with Gasteiger partial charge in [0.25, 0.3) is 0 Å². The highest BCUT2D eigenvalue weighted by Crippen LogP contribution is 2.29. The van der Waals surface area contributed by atoms with E-state index in [2.05, 4.69) is 14.6 Å². The minimum atomic E-state index is -3.53. The zero-order valence-corrected chi connectivity index (χ0v) is 14.8. The lowest BCUT2D eigenvalue weighted by Crippen LogP contribution is -2.34. The van der Waals surface area contributed by atoms with Gasteiger partial charge in [-0.25, -0.2) is 8.42 Å². The third-order valence-corrected chi connectivity index (χ3v) is 5.99. The molecule has 0 amide bonds. The summed E-state index contributed by atoms with van der Waals surface area (Å²) >= 11 is 0. The van der Waals surface area contributed by atoms with Crippen LogP contribution in [-0.4, -0.2) is 58.7 Å². The summed E-state index contributed by atoms with van der Waals surface area (Å²) in [6, 6.07) is 1.86. The van der Waals surface area contributed by atoms with Crippen molar-refractivity contribution in [3.05, 3.63) is 18.5 Å². The molecule has 0 aliphatic carbocycles. The van der Waals surface area contributed by atoms with E-state index >= 15 is 0 Å². The highest BCUT2D eigenvalue weighted by Gasteiger charge is 2.30. The summed E-state index contributed by atoms with van der Waals surface area (Å²) in [7, 11) is -1.98. The van der Waals surface area contributed by atoms with Crippen LogP contribution < -0.4 is 9.62 Å². The van der Waals surface area contributed by atoms with Crippen LogP contribution in [0.25, 0.3) is 0 Å². The molecule has 0 saturated carbocycles. The van der Waals surface area contributed by atoms with Crippen molar-refractivity contribution in [1.29, 1.82) is 0 Å². The van der Waals surface area contributed by atoms with Gasteiger partial charge < -0.3 is 14.4 Å². The number of methoxy groups -OCH3 is 1. The standard InChI is InChI=1S/C16H25N3O4S/c1-22-16(13-5-9-23-11-13)12-24(20,21)18-14-10-17-6-4-15(14)19-7-2-3-8-19/h4,6,10,13,16,18H,2-3,5,7-9,11-12H2,1H3. The number of aromatic nitrogens is 1. The zero-order chi connectivity index (χ0) is 17.0. The zero-order valence-electron chi connectivity index (χ0n) is 14.0. The van der Waals surface area contributed by atoms with Crippen LogP contribution in [0.3, 0.4) is 0 Å². The van der Waals surface area contributed by atoms with Crippen molar-refractivity contribution in [2.24, 2.45) is 5.92 Å². The average Bonchev–Trinajstić information content (AvgIpc) is 3.26. The van der Waals surface area contributed by atoms with E-state index in [-0.39, 0.29) is 17.8 Å². The maximum Gasteiger partial charge on any atom is 0.235 e. The summed E-state index contributed by atoms with van der Waals surface area (Å²) in [6.45, 7) is 3.11. The minimum absolute atomic E-state index is 0.0775. The van der Waals surface area contributed by atoms with Crippen molar-refractivity contribution >= 4 is 21.4 Å². The van der Waals surface area contributed by atoms with E-state index < -0.39 is 10.0 Å². The predicted octanol–water partition coefficient (Wildman–Crippen LogP) is 1.47. The lowest BCUT2D eigenvalue weighted by molar-refractivity contribution is 0.0612. The van der Waals surface area contributed by atoms with Gasteiger partial charge >= 0.3 is 0 Å². The molecule has 3 heterocycles. The largest absolute Gasteiger partial charge is 0.381 e. The van der Waals surface area contributed by atoms with E-state index in [1.165, 1.54) is 0 Å². The van der Waals surface area contributed by atoms with Crippen molar-refractivity contribution < 1.29 is 17.9 Å². The molecule has 0 bridgehead atoms. The second-order valence-electron chi connectivity index (χ2n) is 6.37. The molecule has 7 nitrogen and oxygen atoms in total. The molecular formula is C16H25N3O4S. The van der Waals surface area contributed by atoms with Gasteiger partial charge in [-0.05, 0) is 25.3 Å². The first-order valence-corrected chi connectivity index (χ1v) is 10.0. The molecule has 1 aromatic rings. The average molecular weight is 355 g/mol. The number of hydrogen-bond donors (Lipinski definition) is 1. The Hall–Kier alpha value is -1.38. The van der Waals surface area contributed by atoms with Gasteiger partial charge in [0.05, 0.1) is 36.0 Å². The molecule has 0 spiro atoms. The maximum absolute atomic E-state index is 12.6. The van der Waals surface area contributed by atoms with Crippen LogP contribution in [0.2, 0.25) is 0 Å². The predicted molar refractivity (Wildman–Crippen MR) is 92.8 cm³/mol. The molecule has 2 atom stereocenters. The Bertz CT molecular complexity index is 640. The molecule has 1 aromatic heterocycles. The first kappa shape index (κ1) is 17.4. The Labute approximate surface area is 143 Å². The SMILES string of the molecule is COC(CS(=O)(=O)Nc1cnccc1N1CCCC1)C1CCOC1. The second-order valence-corrected chi connectivity index (χ2v) is 8.14. The number of pyridine rings is 1. The van der Waals surface area contributed by atoms with Gasteiger partial charge in [-0.15, -0.1) is 0 Å². The van der Waals surface area contributed by atoms with Gasteiger partial charge in [0.1, 0.15) is 0 Å². The van der Waals surface area contributed by atoms with Gasteiger partial charge in [0, 0.05) is 38.9 Å². The van der Waals surface area contributed by atoms with E-state index in [1.807, 2.05) is 6.07 Å². The van der Waals surface area contributed by atoms with Crippen LogP contribution in [0.5, 0.6) is 0 Å². The number of ether oxygens (including phenoxy) is 2. The van der Waals surface area contributed by atoms with Crippen LogP contribution in [0.1, 0.15) is 19.3 Å². The third kappa shape index (κ3) is 4.17. The molecule has 2 aliphatic rings. The van der Waals surface area contributed by atoms with E-state index in [4.69, 9.17) is 9.47 Å². The molecular weight excluding hydrogens is 330 g/mol. The Morgan fingerprint density at radius 3 is 2.92 bits per heavy atom.